The van der Waals surface area contributed by atoms with Gasteiger partial charge < -0.3 is 25.4 Å². The molecule has 0 fully saturated rings. The number of aliphatic hydroxyl groups excluding tert-OH is 2. The maximum Gasteiger partial charge on any atom is 0.408 e. The zero-order valence-corrected chi connectivity index (χ0v) is 12.8. The minimum absolute atomic E-state index is 0.108. The van der Waals surface area contributed by atoms with Gasteiger partial charge in [0, 0.05) is 18.1 Å². The predicted octanol–water partition coefficient (Wildman–Crippen LogP) is 0.441. The summed E-state index contributed by atoms with van der Waals surface area (Å²) >= 11 is 1.19. The van der Waals surface area contributed by atoms with Crippen LogP contribution in [0.5, 0.6) is 0 Å². The Balaban J connectivity index is 4.18. The fourth-order valence-corrected chi connectivity index (χ4v) is 2.22. The lowest BCUT2D eigenvalue weighted by Gasteiger charge is -2.22. The number of amides is 1. The van der Waals surface area contributed by atoms with Crippen LogP contribution in [0.3, 0.4) is 0 Å². The predicted molar refractivity (Wildman–Crippen MR) is 75.8 cm³/mol. The fourth-order valence-electron chi connectivity index (χ4n) is 1.18. The molecule has 8 heteroatoms. The molecule has 0 bridgehead atoms. The van der Waals surface area contributed by atoms with Gasteiger partial charge in [0.05, 0.1) is 6.10 Å². The van der Waals surface area contributed by atoms with E-state index in [-0.39, 0.29) is 18.8 Å². The number of aliphatic hydroxyl groups is 2. The third-order valence-corrected chi connectivity index (χ3v) is 3.24. The van der Waals surface area contributed by atoms with Crippen molar-refractivity contribution < 1.29 is 29.6 Å². The minimum atomic E-state index is -1.17. The number of alkyl carbamates (subject to hydrolysis) is 1. The molecule has 20 heavy (non-hydrogen) atoms. The highest BCUT2D eigenvalue weighted by atomic mass is 32.2. The molecule has 0 unspecified atom stereocenters. The number of thioether (sulfide) groups is 1. The number of aliphatic carboxylic acids is 1. The van der Waals surface area contributed by atoms with Crippen molar-refractivity contribution in [2.24, 2.45) is 0 Å². The molecule has 2 atom stereocenters. The molecular formula is C12H23NO6S. The average molecular weight is 309 g/mol. The van der Waals surface area contributed by atoms with Gasteiger partial charge in [-0.1, -0.05) is 0 Å². The summed E-state index contributed by atoms with van der Waals surface area (Å²) in [6.45, 7) is 4.92. The average Bonchev–Trinajstić information content (AvgIpc) is 2.25. The van der Waals surface area contributed by atoms with Crippen molar-refractivity contribution in [2.75, 3.05) is 18.1 Å². The van der Waals surface area contributed by atoms with Gasteiger partial charge in [-0.3, -0.25) is 0 Å². The molecule has 0 spiro atoms. The summed E-state index contributed by atoms with van der Waals surface area (Å²) in [6, 6.07) is -1.09. The molecule has 0 aromatic heterocycles. The quantitative estimate of drug-likeness (QED) is 0.514. The fraction of sp³-hybridized carbons (Fsp3) is 0.833. The van der Waals surface area contributed by atoms with Crippen molar-refractivity contribution in [3.63, 3.8) is 0 Å². The number of hydrogen-bond donors (Lipinski definition) is 4. The highest BCUT2D eigenvalue weighted by molar-refractivity contribution is 7.99. The number of ether oxygens (including phenoxy) is 1. The summed E-state index contributed by atoms with van der Waals surface area (Å²) in [5.74, 6) is -0.766. The molecule has 118 valence electrons. The van der Waals surface area contributed by atoms with Crippen LogP contribution in [-0.4, -0.2) is 63.2 Å². The second kappa shape index (κ2) is 9.04. The molecule has 0 aromatic carbocycles. The Bertz CT molecular complexity index is 318. The second-order valence-electron chi connectivity index (χ2n) is 5.24. The van der Waals surface area contributed by atoms with Crippen LogP contribution in [0.4, 0.5) is 4.79 Å². The first-order valence-corrected chi connectivity index (χ1v) is 7.40. The van der Waals surface area contributed by atoms with E-state index in [1.807, 2.05) is 0 Å². The molecule has 4 N–H and O–H groups in total. The first-order chi connectivity index (χ1) is 9.15. The van der Waals surface area contributed by atoms with Crippen LogP contribution in [0.15, 0.2) is 0 Å². The molecule has 0 heterocycles. The van der Waals surface area contributed by atoms with Gasteiger partial charge in [0.25, 0.3) is 0 Å². The standard InChI is InChI=1S/C12H23NO6S/c1-12(2,3)19-11(18)13-9(10(16)17)7-20-6-8(15)4-5-14/h8-9,14-15H,4-7H2,1-3H3,(H,13,18)(H,16,17)/t8-,9+/m1/s1. The number of carbonyl (C=O) groups excluding carboxylic acids is 1. The normalized spacial score (nSPS) is 14.4. The zero-order valence-electron chi connectivity index (χ0n) is 12.0. The maximum absolute atomic E-state index is 11.5. The Kier molecular flexibility index (Phi) is 8.59. The number of rotatable bonds is 8. The summed E-state index contributed by atoms with van der Waals surface area (Å²) in [5.41, 5.74) is -0.697. The molecule has 0 aliphatic carbocycles. The van der Waals surface area contributed by atoms with Crippen LogP contribution in [0.2, 0.25) is 0 Å². The number of carbonyl (C=O) groups is 2. The van der Waals surface area contributed by atoms with Crippen molar-refractivity contribution >= 4 is 23.8 Å². The van der Waals surface area contributed by atoms with Crippen molar-refractivity contribution in [1.82, 2.24) is 5.32 Å². The van der Waals surface area contributed by atoms with Gasteiger partial charge in [0.15, 0.2) is 0 Å². The molecular weight excluding hydrogens is 286 g/mol. The van der Waals surface area contributed by atoms with Gasteiger partial charge in [-0.25, -0.2) is 9.59 Å². The number of hydrogen-bond acceptors (Lipinski definition) is 6. The van der Waals surface area contributed by atoms with E-state index in [0.29, 0.717) is 5.75 Å². The third-order valence-electron chi connectivity index (χ3n) is 2.05. The summed E-state index contributed by atoms with van der Waals surface area (Å²) < 4.78 is 4.98. The molecule has 7 nitrogen and oxygen atoms in total. The van der Waals surface area contributed by atoms with Crippen LogP contribution in [0.1, 0.15) is 27.2 Å². The molecule has 0 rings (SSSR count). The van der Waals surface area contributed by atoms with Gasteiger partial charge in [0.2, 0.25) is 0 Å². The van der Waals surface area contributed by atoms with Crippen LogP contribution >= 0.6 is 11.8 Å². The Labute approximate surface area is 122 Å². The molecule has 0 aliphatic rings. The minimum Gasteiger partial charge on any atom is -0.480 e. The van der Waals surface area contributed by atoms with E-state index in [4.69, 9.17) is 14.9 Å². The Morgan fingerprint density at radius 2 is 1.90 bits per heavy atom. The van der Waals surface area contributed by atoms with E-state index in [9.17, 15) is 14.7 Å². The molecule has 0 saturated carbocycles. The van der Waals surface area contributed by atoms with Crippen molar-refractivity contribution in [3.8, 4) is 0 Å². The number of carboxylic acids is 1. The highest BCUT2D eigenvalue weighted by Gasteiger charge is 2.24. The summed E-state index contributed by atoms with van der Waals surface area (Å²) in [6.07, 6.45) is -1.24. The molecule has 0 radical (unpaired) electrons. The summed E-state index contributed by atoms with van der Waals surface area (Å²) in [4.78, 5) is 22.5. The van der Waals surface area contributed by atoms with Crippen molar-refractivity contribution in [3.05, 3.63) is 0 Å². The van der Waals surface area contributed by atoms with Crippen LogP contribution in [-0.2, 0) is 9.53 Å². The van der Waals surface area contributed by atoms with Gasteiger partial charge >= 0.3 is 12.1 Å². The van der Waals surface area contributed by atoms with Crippen LogP contribution in [0.25, 0.3) is 0 Å². The zero-order chi connectivity index (χ0) is 15.8. The van der Waals surface area contributed by atoms with Crippen LogP contribution < -0.4 is 5.32 Å². The Morgan fingerprint density at radius 3 is 2.35 bits per heavy atom. The number of carboxylic acid groups (broad SMARTS) is 1. The van der Waals surface area contributed by atoms with E-state index in [1.54, 1.807) is 20.8 Å². The summed E-state index contributed by atoms with van der Waals surface area (Å²) in [5, 5.41) is 29.3. The van der Waals surface area contributed by atoms with Gasteiger partial charge in [0.1, 0.15) is 11.6 Å². The molecule has 0 aromatic rings. The monoisotopic (exact) mass is 309 g/mol. The van der Waals surface area contributed by atoms with E-state index >= 15 is 0 Å². The van der Waals surface area contributed by atoms with E-state index in [0.717, 1.165) is 0 Å². The number of nitrogens with one attached hydrogen (secondary N) is 1. The van der Waals surface area contributed by atoms with Gasteiger partial charge in [-0.15, -0.1) is 0 Å². The van der Waals surface area contributed by atoms with Gasteiger partial charge in [-0.05, 0) is 27.2 Å². The lowest BCUT2D eigenvalue weighted by molar-refractivity contribution is -0.138. The maximum atomic E-state index is 11.5. The van der Waals surface area contributed by atoms with Crippen molar-refractivity contribution in [2.45, 2.75) is 44.9 Å². The first kappa shape index (κ1) is 19.0. The lowest BCUT2D eigenvalue weighted by Crippen LogP contribution is -2.45. The lowest BCUT2D eigenvalue weighted by atomic mass is 10.2. The Hall–Kier alpha value is -0.990. The van der Waals surface area contributed by atoms with Gasteiger partial charge in [-0.2, -0.15) is 11.8 Å². The smallest absolute Gasteiger partial charge is 0.408 e. The molecule has 1 amide bonds. The molecule has 0 saturated heterocycles. The van der Waals surface area contributed by atoms with E-state index < -0.39 is 29.8 Å². The molecule has 0 aliphatic heterocycles. The van der Waals surface area contributed by atoms with Crippen molar-refractivity contribution in [1.29, 1.82) is 0 Å². The van der Waals surface area contributed by atoms with Crippen LogP contribution in [0, 0.1) is 0 Å². The topological polar surface area (TPSA) is 116 Å². The Morgan fingerprint density at radius 1 is 1.30 bits per heavy atom. The van der Waals surface area contributed by atoms with E-state index in [1.165, 1.54) is 11.8 Å². The first-order valence-electron chi connectivity index (χ1n) is 6.24. The summed E-state index contributed by atoms with van der Waals surface area (Å²) in [7, 11) is 0. The second-order valence-corrected chi connectivity index (χ2v) is 6.32. The highest BCUT2D eigenvalue weighted by Crippen LogP contribution is 2.10. The van der Waals surface area contributed by atoms with E-state index in [2.05, 4.69) is 5.32 Å². The largest absolute Gasteiger partial charge is 0.480 e. The SMILES string of the molecule is CC(C)(C)OC(=O)N[C@@H](CSC[C@H](O)CCO)C(=O)O. The third kappa shape index (κ3) is 9.88.